The van der Waals surface area contributed by atoms with Gasteiger partial charge in [-0.3, -0.25) is 0 Å². The summed E-state index contributed by atoms with van der Waals surface area (Å²) in [6.07, 6.45) is 2.00. The normalized spacial score (nSPS) is 21.9. The standard InChI is InChI=1S/C11H23NO2S/c1-9(2)8-15(13,14)10(3)11-4-6-12-7-5-11/h9-12H,4-8H2,1-3H3. The van der Waals surface area contributed by atoms with Gasteiger partial charge in [0.25, 0.3) is 0 Å². The summed E-state index contributed by atoms with van der Waals surface area (Å²) in [6, 6.07) is 0. The average Bonchev–Trinajstić information content (AvgIpc) is 2.16. The molecule has 1 N–H and O–H groups in total. The molecule has 15 heavy (non-hydrogen) atoms. The van der Waals surface area contributed by atoms with Gasteiger partial charge in [0.2, 0.25) is 0 Å². The van der Waals surface area contributed by atoms with Crippen molar-refractivity contribution >= 4 is 9.84 Å². The minimum absolute atomic E-state index is 0.165. The van der Waals surface area contributed by atoms with Crippen molar-refractivity contribution in [2.24, 2.45) is 11.8 Å². The average molecular weight is 233 g/mol. The predicted molar refractivity (Wildman–Crippen MR) is 63.7 cm³/mol. The van der Waals surface area contributed by atoms with E-state index in [2.05, 4.69) is 5.32 Å². The molecule has 1 heterocycles. The molecule has 1 fully saturated rings. The lowest BCUT2D eigenvalue weighted by molar-refractivity contribution is 0.363. The largest absolute Gasteiger partial charge is 0.317 e. The molecule has 3 nitrogen and oxygen atoms in total. The molecule has 90 valence electrons. The fourth-order valence-electron chi connectivity index (χ4n) is 2.22. The van der Waals surface area contributed by atoms with Gasteiger partial charge in [-0.15, -0.1) is 0 Å². The van der Waals surface area contributed by atoms with Crippen LogP contribution in [0.4, 0.5) is 0 Å². The van der Waals surface area contributed by atoms with Crippen molar-refractivity contribution in [2.75, 3.05) is 18.8 Å². The third kappa shape index (κ3) is 3.76. The monoisotopic (exact) mass is 233 g/mol. The summed E-state index contributed by atoms with van der Waals surface area (Å²) in [4.78, 5) is 0. The van der Waals surface area contributed by atoms with Crippen LogP contribution in [0.2, 0.25) is 0 Å². The number of nitrogens with one attached hydrogen (secondary N) is 1. The molecular weight excluding hydrogens is 210 g/mol. The van der Waals surface area contributed by atoms with E-state index in [4.69, 9.17) is 0 Å². The molecule has 0 spiro atoms. The molecule has 1 saturated heterocycles. The topological polar surface area (TPSA) is 46.2 Å². The van der Waals surface area contributed by atoms with E-state index < -0.39 is 9.84 Å². The number of piperidine rings is 1. The molecule has 0 aromatic heterocycles. The Kier molecular flexibility index (Phi) is 4.59. The van der Waals surface area contributed by atoms with Crippen molar-refractivity contribution in [3.05, 3.63) is 0 Å². The van der Waals surface area contributed by atoms with Crippen LogP contribution in [0.5, 0.6) is 0 Å². The summed E-state index contributed by atoms with van der Waals surface area (Å²) in [6.45, 7) is 7.74. The zero-order valence-corrected chi connectivity index (χ0v) is 10.8. The maximum absolute atomic E-state index is 12.0. The van der Waals surface area contributed by atoms with Crippen LogP contribution in [0.15, 0.2) is 0 Å². The van der Waals surface area contributed by atoms with Gasteiger partial charge in [-0.2, -0.15) is 0 Å². The lowest BCUT2D eigenvalue weighted by Crippen LogP contribution is -2.37. The SMILES string of the molecule is CC(C)CS(=O)(=O)C(C)C1CCNCC1. The molecule has 1 rings (SSSR count). The van der Waals surface area contributed by atoms with E-state index in [1.54, 1.807) is 0 Å². The van der Waals surface area contributed by atoms with Gasteiger partial charge < -0.3 is 5.32 Å². The van der Waals surface area contributed by atoms with Crippen LogP contribution in [0, 0.1) is 11.8 Å². The molecule has 1 aliphatic heterocycles. The summed E-state index contributed by atoms with van der Waals surface area (Å²) < 4.78 is 24.0. The Balaban J connectivity index is 2.61. The second-order valence-electron chi connectivity index (χ2n) is 5.02. The van der Waals surface area contributed by atoms with Crippen molar-refractivity contribution in [2.45, 2.75) is 38.9 Å². The molecule has 0 radical (unpaired) electrons. The van der Waals surface area contributed by atoms with Crippen LogP contribution in [0.1, 0.15) is 33.6 Å². The zero-order valence-electron chi connectivity index (χ0n) is 9.99. The summed E-state index contributed by atoms with van der Waals surface area (Å²) in [5.74, 6) is 0.923. The van der Waals surface area contributed by atoms with Crippen LogP contribution >= 0.6 is 0 Å². The Bertz CT molecular complexity index is 279. The van der Waals surface area contributed by atoms with Gasteiger partial charge in [-0.25, -0.2) is 8.42 Å². The predicted octanol–water partition coefficient (Wildman–Crippen LogP) is 1.45. The van der Waals surface area contributed by atoms with Crippen molar-refractivity contribution in [1.29, 1.82) is 0 Å². The fourth-order valence-corrected chi connectivity index (χ4v) is 4.31. The van der Waals surface area contributed by atoms with Gasteiger partial charge in [0, 0.05) is 0 Å². The third-order valence-electron chi connectivity index (χ3n) is 3.18. The lowest BCUT2D eigenvalue weighted by Gasteiger charge is -2.28. The molecule has 1 unspecified atom stereocenters. The van der Waals surface area contributed by atoms with E-state index in [1.807, 2.05) is 20.8 Å². The van der Waals surface area contributed by atoms with Crippen LogP contribution in [-0.2, 0) is 9.84 Å². The van der Waals surface area contributed by atoms with Crippen LogP contribution in [-0.4, -0.2) is 32.5 Å². The lowest BCUT2D eigenvalue weighted by atomic mass is 9.95. The molecule has 0 aliphatic carbocycles. The molecule has 0 bridgehead atoms. The van der Waals surface area contributed by atoms with Crippen molar-refractivity contribution in [1.82, 2.24) is 5.32 Å². The van der Waals surface area contributed by atoms with Gasteiger partial charge in [0.1, 0.15) is 0 Å². The van der Waals surface area contributed by atoms with Crippen molar-refractivity contribution < 1.29 is 8.42 Å². The summed E-state index contributed by atoms with van der Waals surface area (Å²) in [5.41, 5.74) is 0. The van der Waals surface area contributed by atoms with Crippen LogP contribution in [0.25, 0.3) is 0 Å². The number of hydrogen-bond acceptors (Lipinski definition) is 3. The summed E-state index contributed by atoms with van der Waals surface area (Å²) in [5, 5.41) is 3.10. The first kappa shape index (κ1) is 13.0. The third-order valence-corrected chi connectivity index (χ3v) is 5.83. The quantitative estimate of drug-likeness (QED) is 0.799. The highest BCUT2D eigenvalue weighted by Crippen LogP contribution is 2.23. The first-order chi connectivity index (χ1) is 6.93. The molecule has 1 aliphatic rings. The number of sulfone groups is 1. The van der Waals surface area contributed by atoms with Gasteiger partial charge in [0.05, 0.1) is 11.0 Å². The molecule has 0 saturated carbocycles. The Morgan fingerprint density at radius 2 is 1.73 bits per heavy atom. The molecule has 1 atom stereocenters. The van der Waals surface area contributed by atoms with Crippen molar-refractivity contribution in [3.8, 4) is 0 Å². The highest BCUT2D eigenvalue weighted by molar-refractivity contribution is 7.92. The Hall–Kier alpha value is -0.0900. The molecule has 4 heteroatoms. The van der Waals surface area contributed by atoms with Crippen molar-refractivity contribution in [3.63, 3.8) is 0 Å². The molecule has 0 amide bonds. The smallest absolute Gasteiger partial charge is 0.153 e. The highest BCUT2D eigenvalue weighted by atomic mass is 32.2. The highest BCUT2D eigenvalue weighted by Gasteiger charge is 2.30. The van der Waals surface area contributed by atoms with E-state index in [0.717, 1.165) is 25.9 Å². The first-order valence-electron chi connectivity index (χ1n) is 5.85. The number of hydrogen-bond donors (Lipinski definition) is 1. The van der Waals surface area contributed by atoms with E-state index in [9.17, 15) is 8.42 Å². The summed E-state index contributed by atoms with van der Waals surface area (Å²) in [7, 11) is -2.89. The van der Waals surface area contributed by atoms with Crippen LogP contribution in [0.3, 0.4) is 0 Å². The van der Waals surface area contributed by atoms with E-state index in [-0.39, 0.29) is 11.2 Å². The fraction of sp³-hybridized carbons (Fsp3) is 1.00. The molecule has 0 aromatic rings. The Morgan fingerprint density at radius 3 is 2.20 bits per heavy atom. The minimum atomic E-state index is -2.89. The summed E-state index contributed by atoms with van der Waals surface area (Å²) >= 11 is 0. The van der Waals surface area contributed by atoms with Crippen LogP contribution < -0.4 is 5.32 Å². The Labute approximate surface area is 93.6 Å². The zero-order chi connectivity index (χ0) is 11.5. The Morgan fingerprint density at radius 1 is 1.20 bits per heavy atom. The second kappa shape index (κ2) is 5.30. The molecular formula is C11H23NO2S. The van der Waals surface area contributed by atoms with E-state index >= 15 is 0 Å². The van der Waals surface area contributed by atoms with Gasteiger partial charge >= 0.3 is 0 Å². The second-order valence-corrected chi connectivity index (χ2v) is 7.42. The van der Waals surface area contributed by atoms with Gasteiger partial charge in [-0.1, -0.05) is 13.8 Å². The maximum atomic E-state index is 12.0. The van der Waals surface area contributed by atoms with E-state index in [1.165, 1.54) is 0 Å². The number of rotatable bonds is 4. The molecule has 0 aromatic carbocycles. The minimum Gasteiger partial charge on any atom is -0.317 e. The maximum Gasteiger partial charge on any atom is 0.153 e. The van der Waals surface area contributed by atoms with E-state index in [0.29, 0.717) is 11.7 Å². The first-order valence-corrected chi connectivity index (χ1v) is 7.57. The van der Waals surface area contributed by atoms with Gasteiger partial charge in [0.15, 0.2) is 9.84 Å². The van der Waals surface area contributed by atoms with Gasteiger partial charge in [-0.05, 0) is 44.7 Å².